The van der Waals surface area contributed by atoms with Gasteiger partial charge in [-0.15, -0.1) is 0 Å². The molecule has 2 rings (SSSR count). The Hall–Kier alpha value is -2.11. The average molecular weight is 263 g/mol. The van der Waals surface area contributed by atoms with E-state index in [1.807, 2.05) is 7.05 Å². The van der Waals surface area contributed by atoms with Gasteiger partial charge in [-0.1, -0.05) is 0 Å². The predicted octanol–water partition coefficient (Wildman–Crippen LogP) is 0.573. The van der Waals surface area contributed by atoms with Crippen LogP contribution >= 0.6 is 0 Å². The molecule has 0 N–H and O–H groups in total. The van der Waals surface area contributed by atoms with E-state index in [1.165, 1.54) is 20.2 Å². The van der Waals surface area contributed by atoms with Gasteiger partial charge in [0.2, 0.25) is 0 Å². The lowest BCUT2D eigenvalue weighted by Gasteiger charge is -2.28. The van der Waals surface area contributed by atoms with Crippen molar-refractivity contribution in [1.29, 1.82) is 0 Å². The molecule has 0 saturated carbocycles. The second kappa shape index (κ2) is 4.87. The summed E-state index contributed by atoms with van der Waals surface area (Å²) in [6, 6.07) is -0.599. The summed E-state index contributed by atoms with van der Waals surface area (Å²) >= 11 is 0. The van der Waals surface area contributed by atoms with Crippen LogP contribution in [0.5, 0.6) is 0 Å². The topological polar surface area (TPSA) is 60.9 Å². The molecule has 0 aliphatic carbocycles. The number of nitrogens with zero attached hydrogens (tertiary/aromatic N) is 3. The first-order valence-corrected chi connectivity index (χ1v) is 6.15. The van der Waals surface area contributed by atoms with Gasteiger partial charge in [-0.05, 0) is 25.0 Å². The second-order valence-electron chi connectivity index (χ2n) is 4.77. The lowest BCUT2D eigenvalue weighted by atomic mass is 10.1. The molecule has 0 bridgehead atoms. The highest BCUT2D eigenvalue weighted by molar-refractivity contribution is 6.28. The van der Waals surface area contributed by atoms with Gasteiger partial charge < -0.3 is 4.90 Å². The molecule has 2 aliphatic heterocycles. The fourth-order valence-electron chi connectivity index (χ4n) is 2.22. The first-order chi connectivity index (χ1) is 8.93. The molecule has 2 aliphatic rings. The zero-order valence-electron chi connectivity index (χ0n) is 11.3. The normalized spacial score (nSPS) is 22.9. The number of carbonyl (C=O) groups excluding carboxylic acids is 3. The van der Waals surface area contributed by atoms with Gasteiger partial charge in [-0.25, -0.2) is 4.79 Å². The first-order valence-electron chi connectivity index (χ1n) is 6.15. The summed E-state index contributed by atoms with van der Waals surface area (Å²) < 4.78 is 0. The quantitative estimate of drug-likeness (QED) is 0.512. The number of imide groups is 2. The Labute approximate surface area is 111 Å². The molecule has 19 heavy (non-hydrogen) atoms. The Morgan fingerprint density at radius 1 is 0.947 bits per heavy atom. The van der Waals surface area contributed by atoms with Gasteiger partial charge in [0.05, 0.1) is 0 Å². The number of likely N-dealkylation sites (N-methyl/N-ethyl adjacent to an activating group) is 2. The number of likely N-dealkylation sites (tertiary alicyclic amines) is 1. The van der Waals surface area contributed by atoms with Gasteiger partial charge in [0, 0.05) is 33.4 Å². The highest BCUT2D eigenvalue weighted by Crippen LogP contribution is 2.20. The fraction of sp³-hybridized carbons (Fsp3) is 0.462. The third-order valence-electron chi connectivity index (χ3n) is 3.50. The van der Waals surface area contributed by atoms with Gasteiger partial charge in [0.1, 0.15) is 5.57 Å². The van der Waals surface area contributed by atoms with Gasteiger partial charge in [0.15, 0.2) is 0 Å². The van der Waals surface area contributed by atoms with Gasteiger partial charge in [-0.2, -0.15) is 0 Å². The van der Waals surface area contributed by atoms with Crippen LogP contribution in [0, 0.1) is 0 Å². The van der Waals surface area contributed by atoms with Crippen LogP contribution in [-0.4, -0.2) is 60.2 Å². The number of hydrogen-bond donors (Lipinski definition) is 0. The van der Waals surface area contributed by atoms with Crippen molar-refractivity contribution in [3.8, 4) is 0 Å². The van der Waals surface area contributed by atoms with Crippen LogP contribution in [0.3, 0.4) is 0 Å². The number of carbonyl (C=O) groups is 3. The molecule has 6 nitrogen and oxygen atoms in total. The highest BCUT2D eigenvalue weighted by atomic mass is 16.2. The zero-order chi connectivity index (χ0) is 14.2. The van der Waals surface area contributed by atoms with Crippen LogP contribution in [0.2, 0.25) is 0 Å². The molecule has 2 heterocycles. The predicted molar refractivity (Wildman–Crippen MR) is 69.0 cm³/mol. The van der Waals surface area contributed by atoms with Gasteiger partial charge >= 0.3 is 6.03 Å². The third-order valence-corrected chi connectivity index (χ3v) is 3.50. The standard InChI is InChI=1S/C13H17N3O3/c1-14-8-4-5-9(14)6-7-10-11(17)15(2)13(19)16(3)12(10)18/h6-7H,4-5,8H2,1-3H3/b9-6-. The molecule has 0 spiro atoms. The maximum absolute atomic E-state index is 11.9. The van der Waals surface area contributed by atoms with Crippen molar-refractivity contribution in [3.63, 3.8) is 0 Å². The van der Waals surface area contributed by atoms with Crippen molar-refractivity contribution in [2.45, 2.75) is 12.8 Å². The highest BCUT2D eigenvalue weighted by Gasteiger charge is 2.37. The summed E-state index contributed by atoms with van der Waals surface area (Å²) in [5.41, 5.74) is 1.12. The molecule has 2 fully saturated rings. The van der Waals surface area contributed by atoms with E-state index in [0.29, 0.717) is 0 Å². The number of amides is 4. The van der Waals surface area contributed by atoms with Crippen LogP contribution in [0.4, 0.5) is 4.79 Å². The SMILES string of the molecule is CN1C(=O)C(=C/C=C2/CCCN2C)C(=O)N(C)C1=O. The van der Waals surface area contributed by atoms with E-state index in [2.05, 4.69) is 4.90 Å². The van der Waals surface area contributed by atoms with Crippen LogP contribution in [0.25, 0.3) is 0 Å². The zero-order valence-corrected chi connectivity index (χ0v) is 11.3. The first kappa shape index (κ1) is 13.3. The molecule has 0 aromatic rings. The van der Waals surface area contributed by atoms with Crippen molar-refractivity contribution in [1.82, 2.24) is 14.7 Å². The Bertz CT molecular complexity index is 481. The molecule has 6 heteroatoms. The van der Waals surface area contributed by atoms with E-state index in [1.54, 1.807) is 6.08 Å². The van der Waals surface area contributed by atoms with E-state index >= 15 is 0 Å². The molecule has 0 aromatic carbocycles. The van der Waals surface area contributed by atoms with Crippen molar-refractivity contribution in [2.75, 3.05) is 27.7 Å². The largest absolute Gasteiger partial charge is 0.378 e. The molecular weight excluding hydrogens is 246 g/mol. The molecule has 0 unspecified atom stereocenters. The maximum Gasteiger partial charge on any atom is 0.333 e. The lowest BCUT2D eigenvalue weighted by Crippen LogP contribution is -2.53. The molecule has 0 atom stereocenters. The lowest BCUT2D eigenvalue weighted by molar-refractivity contribution is -0.134. The van der Waals surface area contributed by atoms with E-state index < -0.39 is 17.8 Å². The summed E-state index contributed by atoms with van der Waals surface area (Å²) in [5.74, 6) is -1.10. The second-order valence-corrected chi connectivity index (χ2v) is 4.77. The summed E-state index contributed by atoms with van der Waals surface area (Å²) in [6.07, 6.45) is 5.32. The Kier molecular flexibility index (Phi) is 3.42. The van der Waals surface area contributed by atoms with Gasteiger partial charge in [0.25, 0.3) is 11.8 Å². The average Bonchev–Trinajstić information content (AvgIpc) is 2.80. The van der Waals surface area contributed by atoms with E-state index in [9.17, 15) is 14.4 Å². The number of rotatable bonds is 1. The Morgan fingerprint density at radius 2 is 1.53 bits per heavy atom. The van der Waals surface area contributed by atoms with Crippen molar-refractivity contribution in [3.05, 3.63) is 23.4 Å². The van der Waals surface area contributed by atoms with E-state index in [-0.39, 0.29) is 5.57 Å². The third kappa shape index (κ3) is 2.25. The molecular formula is C13H17N3O3. The van der Waals surface area contributed by atoms with Gasteiger partial charge in [-0.3, -0.25) is 19.4 Å². The number of hydrogen-bond acceptors (Lipinski definition) is 4. The summed E-state index contributed by atoms with van der Waals surface area (Å²) in [6.45, 7) is 0.981. The minimum absolute atomic E-state index is 0.0254. The Balaban J connectivity index is 2.30. The van der Waals surface area contributed by atoms with Crippen molar-refractivity contribution < 1.29 is 14.4 Å². The summed E-state index contributed by atoms with van der Waals surface area (Å²) in [4.78, 5) is 39.4. The number of urea groups is 1. The van der Waals surface area contributed by atoms with Crippen LogP contribution < -0.4 is 0 Å². The molecule has 4 amide bonds. The van der Waals surface area contributed by atoms with Crippen LogP contribution in [0.15, 0.2) is 23.4 Å². The van der Waals surface area contributed by atoms with E-state index in [0.717, 1.165) is 34.9 Å². The smallest absolute Gasteiger partial charge is 0.333 e. The number of barbiturate groups is 1. The molecule has 0 aromatic heterocycles. The minimum Gasteiger partial charge on any atom is -0.378 e. The monoisotopic (exact) mass is 263 g/mol. The van der Waals surface area contributed by atoms with Crippen LogP contribution in [0.1, 0.15) is 12.8 Å². The van der Waals surface area contributed by atoms with Crippen LogP contribution in [-0.2, 0) is 9.59 Å². The maximum atomic E-state index is 11.9. The number of allylic oxidation sites excluding steroid dienone is 3. The summed E-state index contributed by atoms with van der Waals surface area (Å²) in [7, 11) is 4.72. The molecule has 2 saturated heterocycles. The summed E-state index contributed by atoms with van der Waals surface area (Å²) in [5, 5.41) is 0. The molecule has 0 radical (unpaired) electrons. The van der Waals surface area contributed by atoms with Crippen molar-refractivity contribution in [2.24, 2.45) is 0 Å². The van der Waals surface area contributed by atoms with E-state index in [4.69, 9.17) is 0 Å². The fourth-order valence-corrected chi connectivity index (χ4v) is 2.22. The Morgan fingerprint density at radius 3 is 2.00 bits per heavy atom. The van der Waals surface area contributed by atoms with Crippen molar-refractivity contribution >= 4 is 17.8 Å². The molecule has 102 valence electrons. The minimum atomic E-state index is -0.599.